The summed E-state index contributed by atoms with van der Waals surface area (Å²) in [6.45, 7) is 0. The maximum Gasteiger partial charge on any atom is 0.419 e. The number of rotatable bonds is 7. The fourth-order valence-corrected chi connectivity index (χ4v) is 6.42. The number of alkyl halides is 5. The Bertz CT molecular complexity index is 1700. The van der Waals surface area contributed by atoms with Crippen molar-refractivity contribution in [3.8, 4) is 0 Å². The summed E-state index contributed by atoms with van der Waals surface area (Å²) in [5, 5.41) is 6.88. The molecule has 45 heavy (non-hydrogen) atoms. The molecular formula is C30H22Cl3F6N3O3. The van der Waals surface area contributed by atoms with Crippen molar-refractivity contribution < 1.29 is 40.7 Å². The molecule has 3 aromatic carbocycles. The fraction of sp³-hybridized carbons (Fsp3) is 0.300. The van der Waals surface area contributed by atoms with E-state index < -0.39 is 74.5 Å². The van der Waals surface area contributed by atoms with Crippen molar-refractivity contribution in [2.45, 2.75) is 42.1 Å². The Morgan fingerprint density at radius 2 is 1.49 bits per heavy atom. The minimum Gasteiger partial charge on any atom is -0.326 e. The van der Waals surface area contributed by atoms with E-state index in [2.05, 4.69) is 16.0 Å². The highest BCUT2D eigenvalue weighted by Crippen LogP contribution is 2.65. The van der Waals surface area contributed by atoms with Crippen LogP contribution < -0.4 is 16.0 Å². The van der Waals surface area contributed by atoms with Gasteiger partial charge in [0.05, 0.1) is 27.8 Å². The molecule has 0 radical (unpaired) electrons. The number of amides is 3. The SMILES string of the molecule is O=C(Nc1ccc(F)c(NC(=O)C2CCCC2)c1F)c1cc(NC(=O)C2[C@H](c3ccc(F)c(C(F)(F)F)c3)C2(Cl)Cl)ccc1Cl. The molecule has 15 heteroatoms. The maximum atomic E-state index is 15.2. The molecule has 0 aromatic heterocycles. The summed E-state index contributed by atoms with van der Waals surface area (Å²) >= 11 is 18.6. The van der Waals surface area contributed by atoms with Crippen LogP contribution in [0.3, 0.4) is 0 Å². The summed E-state index contributed by atoms with van der Waals surface area (Å²) in [7, 11) is 0. The zero-order valence-corrected chi connectivity index (χ0v) is 25.1. The number of hydrogen-bond donors (Lipinski definition) is 3. The van der Waals surface area contributed by atoms with Crippen molar-refractivity contribution in [1.29, 1.82) is 0 Å². The molecule has 0 bridgehead atoms. The lowest BCUT2D eigenvalue weighted by molar-refractivity contribution is -0.140. The number of halogens is 9. The van der Waals surface area contributed by atoms with Gasteiger partial charge in [-0.1, -0.05) is 30.5 Å². The van der Waals surface area contributed by atoms with Gasteiger partial charge < -0.3 is 16.0 Å². The largest absolute Gasteiger partial charge is 0.419 e. The van der Waals surface area contributed by atoms with Crippen molar-refractivity contribution >= 4 is 69.6 Å². The Kier molecular flexibility index (Phi) is 9.05. The predicted molar refractivity (Wildman–Crippen MR) is 157 cm³/mol. The van der Waals surface area contributed by atoms with E-state index in [0.717, 1.165) is 37.1 Å². The Morgan fingerprint density at radius 1 is 0.822 bits per heavy atom. The zero-order chi connectivity index (χ0) is 32.8. The van der Waals surface area contributed by atoms with E-state index in [4.69, 9.17) is 34.8 Å². The molecule has 0 heterocycles. The average Bonchev–Trinajstić information content (AvgIpc) is 3.27. The number of benzene rings is 3. The van der Waals surface area contributed by atoms with Crippen LogP contribution in [0.2, 0.25) is 5.02 Å². The van der Waals surface area contributed by atoms with Crippen molar-refractivity contribution in [1.82, 2.24) is 0 Å². The molecule has 3 amide bonds. The normalized spacial score (nSPS) is 19.2. The van der Waals surface area contributed by atoms with Crippen LogP contribution in [0.5, 0.6) is 0 Å². The van der Waals surface area contributed by atoms with Crippen LogP contribution in [-0.4, -0.2) is 22.1 Å². The van der Waals surface area contributed by atoms with E-state index in [-0.39, 0.29) is 27.8 Å². The van der Waals surface area contributed by atoms with Gasteiger partial charge >= 0.3 is 6.18 Å². The monoisotopic (exact) mass is 691 g/mol. The van der Waals surface area contributed by atoms with E-state index in [0.29, 0.717) is 25.0 Å². The van der Waals surface area contributed by atoms with E-state index in [9.17, 15) is 36.3 Å². The van der Waals surface area contributed by atoms with Gasteiger partial charge in [0.25, 0.3) is 5.91 Å². The molecule has 0 spiro atoms. The molecule has 0 aliphatic heterocycles. The molecule has 1 unspecified atom stereocenters. The summed E-state index contributed by atoms with van der Waals surface area (Å²) < 4.78 is 81.2. The lowest BCUT2D eigenvalue weighted by Gasteiger charge is -2.15. The summed E-state index contributed by atoms with van der Waals surface area (Å²) in [6.07, 6.45) is -2.14. The minimum atomic E-state index is -4.99. The molecule has 238 valence electrons. The molecule has 2 fully saturated rings. The quantitative estimate of drug-likeness (QED) is 0.171. The molecule has 6 nitrogen and oxygen atoms in total. The first-order valence-corrected chi connectivity index (χ1v) is 14.7. The van der Waals surface area contributed by atoms with Gasteiger partial charge in [-0.15, -0.1) is 23.2 Å². The van der Waals surface area contributed by atoms with E-state index >= 15 is 4.39 Å². The van der Waals surface area contributed by atoms with E-state index in [1.165, 1.54) is 12.1 Å². The smallest absolute Gasteiger partial charge is 0.326 e. The van der Waals surface area contributed by atoms with Crippen LogP contribution in [-0.2, 0) is 15.8 Å². The van der Waals surface area contributed by atoms with Crippen molar-refractivity contribution in [3.63, 3.8) is 0 Å². The number of anilines is 3. The molecular weight excluding hydrogens is 671 g/mol. The van der Waals surface area contributed by atoms with Gasteiger partial charge in [0.2, 0.25) is 11.8 Å². The standard InChI is InChI=1S/C30H22Cl3F6N3O3/c31-18-7-6-15(40-28(45)23-22(29(23,32)33)14-5-8-19(34)17(11-14)30(37,38)39)12-16(18)27(44)41-21-10-9-20(35)25(24(21)36)42-26(43)13-3-1-2-4-13/h5-13,22-23H,1-4H2,(H,40,45)(H,41,44)(H,42,43)/t22-,23?/m0/s1. The molecule has 0 saturated heterocycles. The Morgan fingerprint density at radius 3 is 2.16 bits per heavy atom. The molecule has 3 aromatic rings. The third kappa shape index (κ3) is 6.73. The van der Waals surface area contributed by atoms with Gasteiger partial charge in [0.15, 0.2) is 5.82 Å². The molecule has 5 rings (SSSR count). The number of nitrogens with one attached hydrogen (secondary N) is 3. The van der Waals surface area contributed by atoms with Crippen LogP contribution in [0, 0.1) is 29.3 Å². The summed E-state index contributed by atoms with van der Waals surface area (Å²) in [4.78, 5) is 38.6. The molecule has 2 atom stereocenters. The molecule has 2 aliphatic rings. The Balaban J connectivity index is 1.31. The highest BCUT2D eigenvalue weighted by Gasteiger charge is 2.67. The number of carbonyl (C=O) groups is 3. The zero-order valence-electron chi connectivity index (χ0n) is 22.8. The number of hydrogen-bond acceptors (Lipinski definition) is 3. The first kappa shape index (κ1) is 32.9. The second kappa shape index (κ2) is 12.4. The third-order valence-corrected chi connectivity index (χ3v) is 9.05. The minimum absolute atomic E-state index is 0.00325. The Hall–Kier alpha value is -3.48. The molecule has 2 aliphatic carbocycles. The fourth-order valence-electron chi connectivity index (χ4n) is 5.38. The van der Waals surface area contributed by atoms with Crippen LogP contribution in [0.1, 0.15) is 53.1 Å². The van der Waals surface area contributed by atoms with E-state index in [1.807, 2.05) is 0 Å². The topological polar surface area (TPSA) is 87.3 Å². The van der Waals surface area contributed by atoms with Gasteiger partial charge in [0.1, 0.15) is 21.7 Å². The average molecular weight is 693 g/mol. The molecule has 2 saturated carbocycles. The maximum absolute atomic E-state index is 15.2. The van der Waals surface area contributed by atoms with Gasteiger partial charge in [0, 0.05) is 17.5 Å². The predicted octanol–water partition coefficient (Wildman–Crippen LogP) is 8.68. The highest BCUT2D eigenvalue weighted by molar-refractivity contribution is 6.53. The second-order valence-electron chi connectivity index (χ2n) is 10.8. The van der Waals surface area contributed by atoms with Crippen molar-refractivity contribution in [2.24, 2.45) is 11.8 Å². The van der Waals surface area contributed by atoms with Gasteiger partial charge in [-0.3, -0.25) is 14.4 Å². The van der Waals surface area contributed by atoms with Gasteiger partial charge in [-0.25, -0.2) is 13.2 Å². The molecule has 3 N–H and O–H groups in total. The first-order valence-electron chi connectivity index (χ1n) is 13.5. The van der Waals surface area contributed by atoms with Crippen molar-refractivity contribution in [3.05, 3.63) is 87.7 Å². The van der Waals surface area contributed by atoms with Crippen molar-refractivity contribution in [2.75, 3.05) is 16.0 Å². The Labute approximate surface area is 267 Å². The van der Waals surface area contributed by atoms with Crippen LogP contribution in [0.25, 0.3) is 0 Å². The highest BCUT2D eigenvalue weighted by atomic mass is 35.5. The van der Waals surface area contributed by atoms with Gasteiger partial charge in [-0.05, 0) is 60.9 Å². The summed E-state index contributed by atoms with van der Waals surface area (Å²) in [5.41, 5.74) is -3.05. The number of carbonyl (C=O) groups excluding carboxylic acids is 3. The van der Waals surface area contributed by atoms with Crippen LogP contribution in [0.4, 0.5) is 43.4 Å². The van der Waals surface area contributed by atoms with E-state index in [1.54, 1.807) is 0 Å². The lowest BCUT2D eigenvalue weighted by Crippen LogP contribution is -2.22. The summed E-state index contributed by atoms with van der Waals surface area (Å²) in [6, 6.07) is 7.72. The van der Waals surface area contributed by atoms with Crippen LogP contribution in [0.15, 0.2) is 48.5 Å². The lowest BCUT2D eigenvalue weighted by atomic mass is 10.0. The van der Waals surface area contributed by atoms with Crippen LogP contribution >= 0.6 is 34.8 Å². The third-order valence-electron chi connectivity index (χ3n) is 7.78. The van der Waals surface area contributed by atoms with Gasteiger partial charge in [-0.2, -0.15) is 13.2 Å². The first-order chi connectivity index (χ1) is 21.1. The summed E-state index contributed by atoms with van der Waals surface area (Å²) in [5.74, 6) is -8.78. The second-order valence-corrected chi connectivity index (χ2v) is 12.6.